The molecule has 1 aromatic heterocycles. The summed E-state index contributed by atoms with van der Waals surface area (Å²) in [6.45, 7) is 8.64. The van der Waals surface area contributed by atoms with Crippen LogP contribution in [0.3, 0.4) is 0 Å². The van der Waals surface area contributed by atoms with Crippen molar-refractivity contribution < 1.29 is 18.7 Å². The Morgan fingerprint density at radius 2 is 2.26 bits per heavy atom. The maximum Gasteiger partial charge on any atom is 0.330 e. The monoisotopic (exact) mass is 326 g/mol. The zero-order valence-electron chi connectivity index (χ0n) is 13.2. The minimum atomic E-state index is -1.13. The molecule has 2 rings (SSSR count). The molecule has 126 valence electrons. The van der Waals surface area contributed by atoms with E-state index in [1.165, 1.54) is 6.92 Å². The lowest BCUT2D eigenvalue weighted by molar-refractivity contribution is -0.154. The summed E-state index contributed by atoms with van der Waals surface area (Å²) in [5.41, 5.74) is -2.80. The predicted molar refractivity (Wildman–Crippen MR) is 79.3 cm³/mol. The van der Waals surface area contributed by atoms with E-state index < -0.39 is 41.0 Å². The van der Waals surface area contributed by atoms with Gasteiger partial charge in [-0.15, -0.1) is 6.58 Å². The lowest BCUT2D eigenvalue weighted by Gasteiger charge is -2.28. The number of nitrogens with zero attached hydrogens (tertiary/aromatic N) is 1. The van der Waals surface area contributed by atoms with Crippen LogP contribution in [0.15, 0.2) is 28.4 Å². The first-order chi connectivity index (χ1) is 10.8. The van der Waals surface area contributed by atoms with Gasteiger partial charge in [-0.2, -0.15) is 4.39 Å². The van der Waals surface area contributed by atoms with Crippen LogP contribution in [0.4, 0.5) is 4.39 Å². The van der Waals surface area contributed by atoms with Crippen LogP contribution in [0.25, 0.3) is 0 Å². The van der Waals surface area contributed by atoms with Gasteiger partial charge in [-0.1, -0.05) is 19.9 Å². The van der Waals surface area contributed by atoms with Crippen molar-refractivity contribution in [3.8, 4) is 0 Å². The van der Waals surface area contributed by atoms with Gasteiger partial charge in [0, 0.05) is 12.8 Å². The van der Waals surface area contributed by atoms with Crippen molar-refractivity contribution in [3.05, 3.63) is 45.5 Å². The van der Waals surface area contributed by atoms with E-state index in [2.05, 4.69) is 6.58 Å². The van der Waals surface area contributed by atoms with E-state index in [1.54, 1.807) is 13.0 Å². The van der Waals surface area contributed by atoms with E-state index >= 15 is 0 Å². The number of hydrogen-bond acceptors (Lipinski definition) is 5. The van der Waals surface area contributed by atoms with Gasteiger partial charge in [0.25, 0.3) is 5.56 Å². The van der Waals surface area contributed by atoms with Gasteiger partial charge in [-0.3, -0.25) is 19.1 Å². The molecule has 0 amide bonds. The SMILES string of the molecule is C=C[C@]1(CC)O[C@@H](n2cc(F)c(=O)[nH]c2=O)[C@H](OC(C)=O)[C@@H]1C. The number of rotatable bonds is 4. The van der Waals surface area contributed by atoms with Gasteiger partial charge in [0.05, 0.1) is 11.8 Å². The summed E-state index contributed by atoms with van der Waals surface area (Å²) < 4.78 is 25.7. The Bertz CT molecular complexity index is 740. The minimum Gasteiger partial charge on any atom is -0.457 e. The van der Waals surface area contributed by atoms with Crippen molar-refractivity contribution in [1.29, 1.82) is 0 Å². The molecule has 0 aromatic carbocycles. The smallest absolute Gasteiger partial charge is 0.330 e. The molecule has 7 nitrogen and oxygen atoms in total. The Balaban J connectivity index is 2.56. The summed E-state index contributed by atoms with van der Waals surface area (Å²) in [5.74, 6) is -2.00. The molecule has 0 radical (unpaired) electrons. The van der Waals surface area contributed by atoms with Crippen LogP contribution >= 0.6 is 0 Å². The van der Waals surface area contributed by atoms with Crippen molar-refractivity contribution in [2.24, 2.45) is 5.92 Å². The number of nitrogens with one attached hydrogen (secondary N) is 1. The second kappa shape index (κ2) is 6.11. The van der Waals surface area contributed by atoms with Gasteiger partial charge in [-0.05, 0) is 6.42 Å². The molecule has 0 saturated carbocycles. The molecule has 1 aliphatic heterocycles. The Morgan fingerprint density at radius 3 is 2.78 bits per heavy atom. The number of H-pyrrole nitrogens is 1. The first kappa shape index (κ1) is 17.1. The fourth-order valence-corrected chi connectivity index (χ4v) is 2.92. The Labute approximate surface area is 131 Å². The first-order valence-electron chi connectivity index (χ1n) is 7.25. The normalized spacial score (nSPS) is 30.2. The van der Waals surface area contributed by atoms with E-state index in [-0.39, 0.29) is 5.92 Å². The Morgan fingerprint density at radius 1 is 1.61 bits per heavy atom. The Kier molecular flexibility index (Phi) is 4.56. The molecular weight excluding hydrogens is 307 g/mol. The van der Waals surface area contributed by atoms with Crippen molar-refractivity contribution in [3.63, 3.8) is 0 Å². The van der Waals surface area contributed by atoms with Gasteiger partial charge < -0.3 is 9.47 Å². The van der Waals surface area contributed by atoms with Gasteiger partial charge in [0.15, 0.2) is 12.3 Å². The number of carbonyl (C=O) groups is 1. The summed E-state index contributed by atoms with van der Waals surface area (Å²) in [4.78, 5) is 36.4. The fraction of sp³-hybridized carbons (Fsp3) is 0.533. The van der Waals surface area contributed by atoms with E-state index in [0.29, 0.717) is 6.42 Å². The fourth-order valence-electron chi connectivity index (χ4n) is 2.92. The number of hydrogen-bond donors (Lipinski definition) is 1. The summed E-state index contributed by atoms with van der Waals surface area (Å²) in [6, 6.07) is 0. The van der Waals surface area contributed by atoms with Crippen molar-refractivity contribution in [2.45, 2.75) is 45.1 Å². The van der Waals surface area contributed by atoms with Crippen molar-refractivity contribution in [2.75, 3.05) is 0 Å². The second-order valence-electron chi connectivity index (χ2n) is 5.53. The molecule has 8 heteroatoms. The molecule has 1 N–H and O–H groups in total. The lowest BCUT2D eigenvalue weighted by Crippen LogP contribution is -2.39. The van der Waals surface area contributed by atoms with Crippen molar-refractivity contribution in [1.82, 2.24) is 9.55 Å². The molecule has 1 aromatic rings. The highest BCUT2D eigenvalue weighted by molar-refractivity contribution is 5.66. The second-order valence-corrected chi connectivity index (χ2v) is 5.53. The van der Waals surface area contributed by atoms with Crippen LogP contribution in [0.5, 0.6) is 0 Å². The number of ether oxygens (including phenoxy) is 2. The standard InChI is InChI=1S/C15H19FN2O5/c1-5-15(6-2)8(3)11(22-9(4)19)13(23-15)18-7-10(16)12(20)17-14(18)21/h5,7-8,11,13H,1,6H2,2-4H3,(H,17,20,21)/t8-,11+,13+,15+/m0/s1. The highest BCUT2D eigenvalue weighted by Gasteiger charge is 2.53. The summed E-state index contributed by atoms with van der Waals surface area (Å²) in [5, 5.41) is 0. The quantitative estimate of drug-likeness (QED) is 0.661. The molecule has 23 heavy (non-hydrogen) atoms. The first-order valence-corrected chi connectivity index (χ1v) is 7.25. The average Bonchev–Trinajstić information content (AvgIpc) is 2.76. The van der Waals surface area contributed by atoms with Crippen LogP contribution in [0.1, 0.15) is 33.4 Å². The van der Waals surface area contributed by atoms with E-state index in [0.717, 1.165) is 10.8 Å². The molecule has 0 bridgehead atoms. The van der Waals surface area contributed by atoms with E-state index in [1.807, 2.05) is 11.9 Å². The molecule has 1 aliphatic rings. The van der Waals surface area contributed by atoms with Crippen LogP contribution < -0.4 is 11.2 Å². The van der Waals surface area contributed by atoms with Crippen molar-refractivity contribution >= 4 is 5.97 Å². The molecule has 0 spiro atoms. The highest BCUT2D eigenvalue weighted by atomic mass is 19.1. The molecule has 1 saturated heterocycles. The van der Waals surface area contributed by atoms with Gasteiger partial charge in [0.2, 0.25) is 5.82 Å². The minimum absolute atomic E-state index is 0.319. The van der Waals surface area contributed by atoms with Crippen LogP contribution in [-0.4, -0.2) is 27.2 Å². The molecule has 4 atom stereocenters. The highest BCUT2D eigenvalue weighted by Crippen LogP contribution is 2.45. The van der Waals surface area contributed by atoms with Gasteiger partial charge in [0.1, 0.15) is 0 Å². The van der Waals surface area contributed by atoms with Gasteiger partial charge in [-0.25, -0.2) is 4.79 Å². The number of carbonyl (C=O) groups excluding carboxylic acids is 1. The predicted octanol–water partition coefficient (Wildman–Crippen LogP) is 1.11. The topological polar surface area (TPSA) is 90.4 Å². The maximum atomic E-state index is 13.6. The lowest BCUT2D eigenvalue weighted by atomic mass is 9.85. The molecule has 2 heterocycles. The third kappa shape index (κ3) is 2.86. The largest absolute Gasteiger partial charge is 0.457 e. The van der Waals surface area contributed by atoms with Gasteiger partial charge >= 0.3 is 11.7 Å². The molecule has 0 unspecified atom stereocenters. The van der Waals surface area contributed by atoms with Crippen LogP contribution in [0, 0.1) is 11.7 Å². The number of esters is 1. The van der Waals surface area contributed by atoms with E-state index in [4.69, 9.17) is 9.47 Å². The third-order valence-corrected chi connectivity index (χ3v) is 4.28. The summed E-state index contributed by atoms with van der Waals surface area (Å²) in [6.07, 6.45) is 0.969. The van der Waals surface area contributed by atoms with E-state index in [9.17, 15) is 18.8 Å². The number of aromatic amines is 1. The number of halogens is 1. The van der Waals surface area contributed by atoms with Crippen LogP contribution in [0.2, 0.25) is 0 Å². The molecule has 1 fully saturated rings. The van der Waals surface area contributed by atoms with Crippen LogP contribution in [-0.2, 0) is 14.3 Å². The average molecular weight is 326 g/mol. The summed E-state index contributed by atoms with van der Waals surface area (Å²) in [7, 11) is 0. The molecular formula is C15H19FN2O5. The Hall–Kier alpha value is -2.22. The maximum absolute atomic E-state index is 13.6. The summed E-state index contributed by atoms with van der Waals surface area (Å²) >= 11 is 0. The zero-order valence-corrected chi connectivity index (χ0v) is 13.2. The molecule has 0 aliphatic carbocycles. The zero-order chi connectivity index (χ0) is 17.4. The number of aromatic nitrogens is 2. The third-order valence-electron chi connectivity index (χ3n) is 4.28.